The molecule has 14 nitrogen and oxygen atoms in total. The van der Waals surface area contributed by atoms with Gasteiger partial charge in [0, 0.05) is 0 Å². The predicted octanol–water partition coefficient (Wildman–Crippen LogP) is -1.79. The molecule has 0 amide bonds. The molecule has 6 aliphatic rings. The zero-order valence-electron chi connectivity index (χ0n) is 26.3. The van der Waals surface area contributed by atoms with E-state index < -0.39 is 91.6 Å². The number of aliphatic hydroxyl groups is 9. The number of carbonyl (C=O) groups excluding carboxylic acids is 1. The van der Waals surface area contributed by atoms with Gasteiger partial charge in [-0.15, -0.1) is 0 Å². The molecule has 0 aromatic carbocycles. The maximum absolute atomic E-state index is 14.0. The summed E-state index contributed by atoms with van der Waals surface area (Å²) in [5.74, 6) is -0.570. The van der Waals surface area contributed by atoms with Crippen molar-refractivity contribution in [3.63, 3.8) is 0 Å². The molecule has 2 aliphatic heterocycles. The number of hydrogen-bond donors (Lipinski definition) is 9. The van der Waals surface area contributed by atoms with E-state index in [0.717, 1.165) is 12.8 Å². The van der Waals surface area contributed by atoms with Gasteiger partial charge in [0.15, 0.2) is 6.29 Å². The summed E-state index contributed by atoms with van der Waals surface area (Å²) in [5.41, 5.74) is -1.97. The van der Waals surface area contributed by atoms with Crippen LogP contribution in [-0.2, 0) is 23.7 Å². The summed E-state index contributed by atoms with van der Waals surface area (Å²) in [4.78, 5) is 14.0. The lowest BCUT2D eigenvalue weighted by molar-refractivity contribution is -0.329. The number of rotatable bonds is 7. The van der Waals surface area contributed by atoms with Gasteiger partial charge >= 0.3 is 5.97 Å². The number of esters is 1. The summed E-state index contributed by atoms with van der Waals surface area (Å²) < 4.78 is 23.3. The Morgan fingerprint density at radius 3 is 1.98 bits per heavy atom. The summed E-state index contributed by atoms with van der Waals surface area (Å²) in [6, 6.07) is 0. The quantitative estimate of drug-likeness (QED) is 0.0835. The van der Waals surface area contributed by atoms with E-state index in [2.05, 4.69) is 13.0 Å². The smallest absolute Gasteiger partial charge is 0.314 e. The Morgan fingerprint density at radius 2 is 1.37 bits per heavy atom. The monoisotopic (exact) mass is 658 g/mol. The van der Waals surface area contributed by atoms with Gasteiger partial charge in [-0.25, -0.2) is 0 Å². The standard InChI is InChI=1S/C32H50O14/c1-29-6-3-7-30(2,28(42)45-26-24(40)22(38)20(36)16(12-34)43-26)18(29)4-8-31-10-15(11-33)32(14-31,9-5-19(29)31)46-27-25(41)23(39)21(37)17(13-35)44-27/h10,16-27,33-41H,3-9,11-14H2,1-2H3/t16-,17-,18+,19+,20-,21-,22+,23+,24-,25-,26+,27+,29-,30+,31-,32+/m1/s1. The van der Waals surface area contributed by atoms with Gasteiger partial charge < -0.3 is 64.9 Å². The van der Waals surface area contributed by atoms with Crippen molar-refractivity contribution in [1.29, 1.82) is 0 Å². The lowest BCUT2D eigenvalue weighted by Crippen LogP contribution is -2.63. The van der Waals surface area contributed by atoms with E-state index in [4.69, 9.17) is 18.9 Å². The molecule has 4 aliphatic carbocycles. The van der Waals surface area contributed by atoms with E-state index in [-0.39, 0.29) is 29.3 Å². The van der Waals surface area contributed by atoms with E-state index >= 15 is 0 Å². The third-order valence-corrected chi connectivity index (χ3v) is 12.8. The maximum Gasteiger partial charge on any atom is 0.314 e. The number of hydrogen-bond acceptors (Lipinski definition) is 14. The molecule has 2 heterocycles. The number of carbonyl (C=O) groups is 1. The Morgan fingerprint density at radius 1 is 0.783 bits per heavy atom. The Bertz CT molecular complexity index is 1180. The van der Waals surface area contributed by atoms with Gasteiger partial charge in [-0.3, -0.25) is 4.79 Å². The van der Waals surface area contributed by atoms with Crippen LogP contribution in [0, 0.1) is 28.1 Å². The van der Waals surface area contributed by atoms with E-state index in [9.17, 15) is 50.8 Å². The van der Waals surface area contributed by atoms with Crippen molar-refractivity contribution in [2.75, 3.05) is 19.8 Å². The second-order valence-corrected chi connectivity index (χ2v) is 15.1. The summed E-state index contributed by atoms with van der Waals surface area (Å²) in [6.07, 6.45) is -7.53. The van der Waals surface area contributed by atoms with Crippen molar-refractivity contribution in [3.8, 4) is 0 Å². The molecular formula is C32H50O14. The Kier molecular flexibility index (Phi) is 9.21. The van der Waals surface area contributed by atoms with Gasteiger partial charge in [0.05, 0.1) is 30.8 Å². The van der Waals surface area contributed by atoms with Gasteiger partial charge in [0.25, 0.3) is 0 Å². The molecular weight excluding hydrogens is 608 g/mol. The minimum atomic E-state index is -1.69. The predicted molar refractivity (Wildman–Crippen MR) is 155 cm³/mol. The molecule has 46 heavy (non-hydrogen) atoms. The minimum Gasteiger partial charge on any atom is -0.432 e. The Labute approximate surface area is 267 Å². The van der Waals surface area contributed by atoms with Gasteiger partial charge in [0.1, 0.15) is 48.8 Å². The lowest BCUT2D eigenvalue weighted by Gasteiger charge is -2.64. The molecule has 0 aromatic rings. The topological polar surface area (TPSA) is 236 Å². The first-order chi connectivity index (χ1) is 21.7. The van der Waals surface area contributed by atoms with Crippen LogP contribution in [0.25, 0.3) is 0 Å². The van der Waals surface area contributed by atoms with E-state index in [0.29, 0.717) is 44.1 Å². The molecule has 14 heteroatoms. The summed E-state index contributed by atoms with van der Waals surface area (Å²) in [5, 5.41) is 92.0. The van der Waals surface area contributed by atoms with Crippen molar-refractivity contribution in [2.24, 2.45) is 28.1 Å². The molecule has 262 valence electrons. The second kappa shape index (κ2) is 12.3. The van der Waals surface area contributed by atoms with Crippen LogP contribution in [0.5, 0.6) is 0 Å². The zero-order valence-corrected chi connectivity index (χ0v) is 26.3. The Hall–Kier alpha value is -1.27. The Balaban J connectivity index is 1.23. The average molecular weight is 659 g/mol. The van der Waals surface area contributed by atoms with E-state index in [1.807, 2.05) is 6.92 Å². The molecule has 1 spiro atoms. The van der Waals surface area contributed by atoms with Crippen molar-refractivity contribution >= 4 is 5.97 Å². The van der Waals surface area contributed by atoms with Crippen LogP contribution in [0.2, 0.25) is 0 Å². The molecule has 6 rings (SSSR count). The largest absolute Gasteiger partial charge is 0.432 e. The van der Waals surface area contributed by atoms with Crippen LogP contribution in [0.3, 0.4) is 0 Å². The summed E-state index contributed by atoms with van der Waals surface area (Å²) in [6.45, 7) is 2.58. The van der Waals surface area contributed by atoms with Crippen molar-refractivity contribution in [3.05, 3.63) is 11.6 Å². The molecule has 2 bridgehead atoms. The van der Waals surface area contributed by atoms with Crippen LogP contribution >= 0.6 is 0 Å². The van der Waals surface area contributed by atoms with Crippen molar-refractivity contribution < 1.29 is 69.7 Å². The highest BCUT2D eigenvalue weighted by atomic mass is 16.7. The van der Waals surface area contributed by atoms with Gasteiger partial charge in [0.2, 0.25) is 6.29 Å². The van der Waals surface area contributed by atoms with E-state index in [1.54, 1.807) is 0 Å². The molecule has 3 saturated carbocycles. The lowest BCUT2D eigenvalue weighted by atomic mass is 9.40. The summed E-state index contributed by atoms with van der Waals surface area (Å²) >= 11 is 0. The number of ether oxygens (including phenoxy) is 4. The molecule has 5 fully saturated rings. The maximum atomic E-state index is 14.0. The van der Waals surface area contributed by atoms with Crippen molar-refractivity contribution in [1.82, 2.24) is 0 Å². The fourth-order valence-electron chi connectivity index (χ4n) is 10.4. The average Bonchev–Trinajstić information content (AvgIpc) is 3.26. The van der Waals surface area contributed by atoms with Crippen LogP contribution < -0.4 is 0 Å². The molecule has 9 N–H and O–H groups in total. The van der Waals surface area contributed by atoms with Crippen molar-refractivity contribution in [2.45, 2.75) is 132 Å². The highest BCUT2D eigenvalue weighted by Gasteiger charge is 2.68. The van der Waals surface area contributed by atoms with Crippen LogP contribution in [0.4, 0.5) is 0 Å². The van der Waals surface area contributed by atoms with Gasteiger partial charge in [-0.1, -0.05) is 19.4 Å². The third kappa shape index (κ3) is 5.11. The zero-order chi connectivity index (χ0) is 33.4. The van der Waals surface area contributed by atoms with E-state index in [1.165, 1.54) is 0 Å². The first kappa shape index (κ1) is 34.6. The first-order valence-corrected chi connectivity index (χ1v) is 16.5. The number of allylic oxidation sites excluding steroid dienone is 1. The number of aliphatic hydroxyl groups excluding tert-OH is 9. The molecule has 2 saturated heterocycles. The first-order valence-electron chi connectivity index (χ1n) is 16.5. The van der Waals surface area contributed by atoms with Gasteiger partial charge in [-0.2, -0.15) is 0 Å². The second-order valence-electron chi connectivity index (χ2n) is 15.1. The molecule has 0 unspecified atom stereocenters. The fraction of sp³-hybridized carbons (Fsp3) is 0.906. The highest BCUT2D eigenvalue weighted by Crippen LogP contribution is 2.72. The molecule has 16 atom stereocenters. The molecule has 0 radical (unpaired) electrons. The normalized spacial score (nSPS) is 53.6. The molecule has 0 aromatic heterocycles. The van der Waals surface area contributed by atoms with Crippen LogP contribution in [0.1, 0.15) is 65.2 Å². The third-order valence-electron chi connectivity index (χ3n) is 12.8. The highest BCUT2D eigenvalue weighted by molar-refractivity contribution is 5.77. The van der Waals surface area contributed by atoms with Crippen LogP contribution in [-0.4, -0.2) is 139 Å². The van der Waals surface area contributed by atoms with Crippen LogP contribution in [0.15, 0.2) is 11.6 Å². The number of fused-ring (bicyclic) bond motifs is 3. The minimum absolute atomic E-state index is 0.104. The summed E-state index contributed by atoms with van der Waals surface area (Å²) in [7, 11) is 0. The van der Waals surface area contributed by atoms with Gasteiger partial charge in [-0.05, 0) is 80.1 Å². The fourth-order valence-corrected chi connectivity index (χ4v) is 10.4. The SMILES string of the molecule is C[C@@]12CCC[C@](C)(C(=O)O[C@@H]3O[C@H](CO)[C@@H](O)[C@H](O)[C@H]3O)[C@H]1CC[C@]13C=C(CO)[C@](O[C@@H]4O[C@H](CO)[C@@H](O)[C@H](O)[C@H]4O)(CC[C@H]12)C3.